The summed E-state index contributed by atoms with van der Waals surface area (Å²) in [6.07, 6.45) is 20.2. The Morgan fingerprint density at radius 2 is 1.44 bits per heavy atom. The third kappa shape index (κ3) is 19.9. The number of aliphatic hydroxyl groups excluding tert-OH is 2. The van der Waals surface area contributed by atoms with E-state index in [4.69, 9.17) is 16.6 Å². The Kier molecular flexibility index (Phi) is 18.3. The Balaban J connectivity index is 3.38. The molecular formula is C23H30O2. The van der Waals surface area contributed by atoms with Crippen LogP contribution in [0.15, 0.2) is 12.2 Å². The molecule has 0 amide bonds. The minimum absolute atomic E-state index is 0.352. The van der Waals surface area contributed by atoms with E-state index < -0.39 is 6.10 Å². The highest BCUT2D eigenvalue weighted by Crippen LogP contribution is 2.08. The van der Waals surface area contributed by atoms with Crippen molar-refractivity contribution in [2.45, 2.75) is 76.7 Å². The average Bonchev–Trinajstić information content (AvgIpc) is 2.63. The summed E-state index contributed by atoms with van der Waals surface area (Å²) in [5, 5.41) is 17.5. The fourth-order valence-electron chi connectivity index (χ4n) is 2.05. The predicted molar refractivity (Wildman–Crippen MR) is 105 cm³/mol. The minimum Gasteiger partial charge on any atom is -0.393 e. The second kappa shape index (κ2) is 19.9. The molecule has 0 heterocycles. The normalized spacial score (nSPS) is 10.6. The zero-order valence-corrected chi connectivity index (χ0v) is 15.2. The highest BCUT2D eigenvalue weighted by Gasteiger charge is 1.91. The van der Waals surface area contributed by atoms with Crippen LogP contribution in [0.4, 0.5) is 0 Å². The number of unbranched alkanes of at least 4 members (excludes halogenated alkanes) is 9. The number of allylic oxidation sites excluding steroid dienone is 2. The van der Waals surface area contributed by atoms with Crippen LogP contribution < -0.4 is 0 Å². The molecule has 0 aromatic heterocycles. The van der Waals surface area contributed by atoms with Crippen molar-refractivity contribution in [1.82, 2.24) is 0 Å². The van der Waals surface area contributed by atoms with Gasteiger partial charge in [-0.05, 0) is 43.6 Å². The number of hydrogen-bond acceptors (Lipinski definition) is 2. The maximum absolute atomic E-state index is 8.98. The van der Waals surface area contributed by atoms with E-state index in [0.717, 1.165) is 32.1 Å². The van der Waals surface area contributed by atoms with Gasteiger partial charge in [0.15, 0.2) is 0 Å². The van der Waals surface area contributed by atoms with E-state index in [0.29, 0.717) is 0 Å². The zero-order chi connectivity index (χ0) is 18.4. The first-order valence-electron chi connectivity index (χ1n) is 9.15. The Hall–Kier alpha value is -2.10. The second-order valence-electron chi connectivity index (χ2n) is 5.71. The van der Waals surface area contributed by atoms with E-state index >= 15 is 0 Å². The van der Waals surface area contributed by atoms with Crippen molar-refractivity contribution in [3.63, 3.8) is 0 Å². The number of aliphatic hydroxyl groups is 2. The number of hydrogen-bond donors (Lipinski definition) is 2. The van der Waals surface area contributed by atoms with E-state index in [9.17, 15) is 0 Å². The summed E-state index contributed by atoms with van der Waals surface area (Å²) in [6.45, 7) is -0.352. The largest absolute Gasteiger partial charge is 0.393 e. The maximum Gasteiger partial charge on any atom is 0.138 e. The van der Waals surface area contributed by atoms with Crippen LogP contribution in [0.1, 0.15) is 70.6 Å². The molecule has 0 fully saturated rings. The van der Waals surface area contributed by atoms with Crippen molar-refractivity contribution in [2.24, 2.45) is 0 Å². The third-order valence-corrected chi connectivity index (χ3v) is 3.43. The monoisotopic (exact) mass is 338 g/mol. The first kappa shape index (κ1) is 22.9. The van der Waals surface area contributed by atoms with Crippen LogP contribution in [0.25, 0.3) is 0 Å². The highest BCUT2D eigenvalue weighted by atomic mass is 16.3. The number of rotatable bonds is 11. The fourth-order valence-corrected chi connectivity index (χ4v) is 2.05. The first-order chi connectivity index (χ1) is 12.3. The van der Waals surface area contributed by atoms with Gasteiger partial charge in [0.1, 0.15) is 6.10 Å². The zero-order valence-electron chi connectivity index (χ0n) is 15.2. The summed E-state index contributed by atoms with van der Waals surface area (Å²) in [4.78, 5) is 0. The van der Waals surface area contributed by atoms with Crippen molar-refractivity contribution >= 4 is 0 Å². The molecule has 2 N–H and O–H groups in total. The van der Waals surface area contributed by atoms with Gasteiger partial charge in [-0.2, -0.15) is 0 Å². The SMILES string of the molecule is C#CC=CCCCCCCCCC#CCCCC#CC#CC(O)CO. The van der Waals surface area contributed by atoms with Crippen molar-refractivity contribution < 1.29 is 10.2 Å². The van der Waals surface area contributed by atoms with Gasteiger partial charge >= 0.3 is 0 Å². The van der Waals surface area contributed by atoms with E-state index in [1.807, 2.05) is 0 Å². The van der Waals surface area contributed by atoms with E-state index in [1.165, 1.54) is 38.5 Å². The molecule has 0 aliphatic rings. The molecule has 0 rings (SSSR count). The Morgan fingerprint density at radius 3 is 2.16 bits per heavy atom. The van der Waals surface area contributed by atoms with E-state index in [2.05, 4.69) is 47.5 Å². The van der Waals surface area contributed by atoms with Crippen LogP contribution in [0.2, 0.25) is 0 Å². The van der Waals surface area contributed by atoms with Gasteiger partial charge in [0.25, 0.3) is 0 Å². The van der Waals surface area contributed by atoms with Crippen LogP contribution >= 0.6 is 0 Å². The second-order valence-corrected chi connectivity index (χ2v) is 5.71. The molecule has 0 spiro atoms. The molecule has 1 atom stereocenters. The van der Waals surface area contributed by atoms with Crippen molar-refractivity contribution in [1.29, 1.82) is 0 Å². The molecule has 25 heavy (non-hydrogen) atoms. The number of terminal acetylenes is 1. The molecule has 0 aliphatic heterocycles. The van der Waals surface area contributed by atoms with Gasteiger partial charge in [-0.15, -0.1) is 18.3 Å². The van der Waals surface area contributed by atoms with Crippen molar-refractivity contribution in [2.75, 3.05) is 6.61 Å². The summed E-state index contributed by atoms with van der Waals surface area (Å²) in [5.74, 6) is 19.4. The lowest BCUT2D eigenvalue weighted by Gasteiger charge is -1.98. The van der Waals surface area contributed by atoms with Gasteiger partial charge in [-0.3, -0.25) is 0 Å². The van der Waals surface area contributed by atoms with Crippen molar-refractivity contribution in [3.05, 3.63) is 12.2 Å². The van der Waals surface area contributed by atoms with Gasteiger partial charge in [-0.25, -0.2) is 0 Å². The van der Waals surface area contributed by atoms with Crippen LogP contribution in [-0.2, 0) is 0 Å². The molecule has 1 unspecified atom stereocenters. The predicted octanol–water partition coefficient (Wildman–Crippen LogP) is 3.83. The summed E-state index contributed by atoms with van der Waals surface area (Å²) in [6, 6.07) is 0. The Morgan fingerprint density at radius 1 is 0.800 bits per heavy atom. The molecular weight excluding hydrogens is 308 g/mol. The molecule has 134 valence electrons. The van der Waals surface area contributed by atoms with Crippen molar-refractivity contribution in [3.8, 4) is 47.9 Å². The van der Waals surface area contributed by atoms with Crippen LogP contribution in [-0.4, -0.2) is 22.9 Å². The standard InChI is InChI=1S/C23H30O2/c1-2-3-4-5-6-7-8-9-10-11-12-13-14-15-16-17-18-19-20-21-23(25)22-24/h1,3-4,23-25H,5-12,15-17,22H2. The fraction of sp³-hybridized carbons (Fsp3) is 0.565. The molecule has 0 aliphatic carbocycles. The van der Waals surface area contributed by atoms with Gasteiger partial charge in [0.2, 0.25) is 0 Å². The Bertz CT molecular complexity index is 561. The molecule has 2 nitrogen and oxygen atoms in total. The lowest BCUT2D eigenvalue weighted by Crippen LogP contribution is -2.07. The van der Waals surface area contributed by atoms with Gasteiger partial charge in [-0.1, -0.05) is 49.5 Å². The molecule has 0 aromatic carbocycles. The van der Waals surface area contributed by atoms with Gasteiger partial charge in [0.05, 0.1) is 6.61 Å². The lowest BCUT2D eigenvalue weighted by atomic mass is 10.1. The first-order valence-corrected chi connectivity index (χ1v) is 9.15. The quantitative estimate of drug-likeness (QED) is 0.444. The maximum atomic E-state index is 8.98. The van der Waals surface area contributed by atoms with Crippen LogP contribution in [0, 0.1) is 47.9 Å². The molecule has 0 radical (unpaired) electrons. The van der Waals surface area contributed by atoms with Gasteiger partial charge < -0.3 is 10.2 Å². The molecule has 2 heteroatoms. The third-order valence-electron chi connectivity index (χ3n) is 3.43. The summed E-state index contributed by atoms with van der Waals surface area (Å²) < 4.78 is 0. The topological polar surface area (TPSA) is 40.5 Å². The van der Waals surface area contributed by atoms with Crippen LogP contribution in [0.5, 0.6) is 0 Å². The summed E-state index contributed by atoms with van der Waals surface area (Å²) in [7, 11) is 0. The average molecular weight is 338 g/mol. The van der Waals surface area contributed by atoms with Crippen LogP contribution in [0.3, 0.4) is 0 Å². The van der Waals surface area contributed by atoms with Gasteiger partial charge in [0, 0.05) is 19.3 Å². The molecule has 0 aromatic rings. The molecule has 0 saturated carbocycles. The summed E-state index contributed by atoms with van der Waals surface area (Å²) >= 11 is 0. The van der Waals surface area contributed by atoms with E-state index in [-0.39, 0.29) is 6.61 Å². The molecule has 0 saturated heterocycles. The van der Waals surface area contributed by atoms with E-state index in [1.54, 1.807) is 6.08 Å². The smallest absolute Gasteiger partial charge is 0.138 e. The highest BCUT2D eigenvalue weighted by molar-refractivity contribution is 5.27. The minimum atomic E-state index is -0.990. The Labute approximate surface area is 154 Å². The molecule has 0 bridgehead atoms. The summed E-state index contributed by atoms with van der Waals surface area (Å²) in [5.41, 5.74) is 0. The lowest BCUT2D eigenvalue weighted by molar-refractivity contribution is 0.138.